The van der Waals surface area contributed by atoms with Gasteiger partial charge in [0.05, 0.1) is 24.1 Å². The van der Waals surface area contributed by atoms with E-state index >= 15 is 0 Å². The Kier molecular flexibility index (Phi) is 15.5. The number of piperidine rings is 1. The number of aryl methyl sites for hydroxylation is 1. The van der Waals surface area contributed by atoms with Crippen LogP contribution in [0.3, 0.4) is 0 Å². The van der Waals surface area contributed by atoms with Gasteiger partial charge in [0, 0.05) is 38.0 Å². The minimum Gasteiger partial charge on any atom is -0.469 e. The molecule has 3 rings (SSSR count). The first kappa shape index (κ1) is 39.1. The van der Waals surface area contributed by atoms with E-state index in [0.29, 0.717) is 31.4 Å². The lowest BCUT2D eigenvalue weighted by Crippen LogP contribution is -2.58. The van der Waals surface area contributed by atoms with Gasteiger partial charge in [-0.15, -0.1) is 11.3 Å². The maximum atomic E-state index is 14.1. The molecule has 2 heterocycles. The van der Waals surface area contributed by atoms with Crippen molar-refractivity contribution in [1.29, 1.82) is 0 Å². The van der Waals surface area contributed by atoms with E-state index in [1.807, 2.05) is 49.2 Å². The minimum absolute atomic E-state index is 0.00617. The maximum absolute atomic E-state index is 14.1. The quantitative estimate of drug-likeness (QED) is 0.222. The Morgan fingerprint density at radius 3 is 2.38 bits per heavy atom. The van der Waals surface area contributed by atoms with Crippen molar-refractivity contribution >= 4 is 35.0 Å². The predicted molar refractivity (Wildman–Crippen MR) is 191 cm³/mol. The molecule has 11 heteroatoms. The molecule has 6 atom stereocenters. The fourth-order valence-electron chi connectivity index (χ4n) is 6.68. The van der Waals surface area contributed by atoms with Crippen molar-refractivity contribution in [3.8, 4) is 0 Å². The number of nitrogens with one attached hydrogen (secondary N) is 2. The molecule has 1 aliphatic rings. The van der Waals surface area contributed by atoms with Crippen LogP contribution in [-0.2, 0) is 32.0 Å². The van der Waals surface area contributed by atoms with Crippen molar-refractivity contribution < 1.29 is 23.9 Å². The maximum Gasteiger partial charge on any atom is 0.308 e. The van der Waals surface area contributed by atoms with E-state index in [-0.39, 0.29) is 59.6 Å². The van der Waals surface area contributed by atoms with Gasteiger partial charge >= 0.3 is 5.97 Å². The lowest BCUT2D eigenvalue weighted by molar-refractivity contribution is -0.149. The van der Waals surface area contributed by atoms with Crippen LogP contribution < -0.4 is 10.6 Å². The second-order valence-electron chi connectivity index (χ2n) is 13.7. The van der Waals surface area contributed by atoms with Crippen LogP contribution in [0.1, 0.15) is 94.2 Å². The minimum atomic E-state index is -0.543. The molecular formula is C37H57N5O5S. The van der Waals surface area contributed by atoms with Crippen LogP contribution in [0.4, 0.5) is 0 Å². The first-order chi connectivity index (χ1) is 22.9. The zero-order valence-electron chi connectivity index (χ0n) is 30.2. The van der Waals surface area contributed by atoms with Crippen molar-refractivity contribution in [2.45, 2.75) is 110 Å². The van der Waals surface area contributed by atoms with E-state index < -0.39 is 6.04 Å². The number of hydrogen-bond donors (Lipinski definition) is 2. The zero-order valence-corrected chi connectivity index (χ0v) is 31.0. The Labute approximate surface area is 291 Å². The monoisotopic (exact) mass is 683 g/mol. The number of thiazole rings is 1. The number of amides is 3. The summed E-state index contributed by atoms with van der Waals surface area (Å²) in [7, 11) is 4.99. The molecule has 1 aliphatic heterocycles. The van der Waals surface area contributed by atoms with Crippen LogP contribution in [0.2, 0.25) is 0 Å². The molecule has 1 fully saturated rings. The Morgan fingerprint density at radius 2 is 1.77 bits per heavy atom. The van der Waals surface area contributed by atoms with Crippen molar-refractivity contribution in [2.75, 3.05) is 27.7 Å². The lowest BCUT2D eigenvalue weighted by Gasteiger charge is -2.40. The van der Waals surface area contributed by atoms with Crippen molar-refractivity contribution in [1.82, 2.24) is 25.4 Å². The second kappa shape index (κ2) is 19.0. The summed E-state index contributed by atoms with van der Waals surface area (Å²) in [6.07, 6.45) is 5.96. The summed E-state index contributed by atoms with van der Waals surface area (Å²) in [5.41, 5.74) is 1.41. The van der Waals surface area contributed by atoms with Gasteiger partial charge in [-0.3, -0.25) is 19.2 Å². The first-order valence-electron chi connectivity index (χ1n) is 17.5. The number of benzene rings is 1. The SMILES string of the molecule is CCC(C)C(C(=O)N(C)C(CCc1nc(C(=O)N[C@@H](Cc2ccccc2)C[C@H](C)C(=O)OC)cs1)C(C)C)N(C)C(=O)C1CCCCN1. The van der Waals surface area contributed by atoms with Crippen molar-refractivity contribution in [2.24, 2.45) is 17.8 Å². The molecule has 1 saturated heterocycles. The average Bonchev–Trinajstić information content (AvgIpc) is 3.57. The number of esters is 1. The summed E-state index contributed by atoms with van der Waals surface area (Å²) < 4.78 is 4.92. The molecule has 10 nitrogen and oxygen atoms in total. The summed E-state index contributed by atoms with van der Waals surface area (Å²) in [5.74, 6) is -0.829. The standard InChI is InChI=1S/C37H57N5O5S/c1-9-25(4)33(42(7)35(44)29-17-13-14-20-38-29)36(45)41(6)31(24(2)3)18-19-32-40-30(23-48-32)34(43)39-28(21-26(5)37(46)47-8)22-27-15-11-10-12-16-27/h10-12,15-16,23-26,28-29,31,33,38H,9,13-14,17-22H2,1-8H3,(H,39,43)/t25?,26-,28+,29?,31?,33?/m0/s1. The molecule has 0 aliphatic carbocycles. The Hall–Kier alpha value is -3.31. The van der Waals surface area contributed by atoms with Gasteiger partial charge < -0.3 is 25.2 Å². The number of methoxy groups -OCH3 is 1. The number of nitrogens with zero attached hydrogens (tertiary/aromatic N) is 3. The van der Waals surface area contributed by atoms with E-state index in [9.17, 15) is 19.2 Å². The van der Waals surface area contributed by atoms with Crippen molar-refractivity contribution in [3.63, 3.8) is 0 Å². The zero-order chi connectivity index (χ0) is 35.4. The molecule has 48 heavy (non-hydrogen) atoms. The highest BCUT2D eigenvalue weighted by Gasteiger charge is 2.38. The third-order valence-electron chi connectivity index (χ3n) is 9.76. The van der Waals surface area contributed by atoms with E-state index in [4.69, 9.17) is 4.74 Å². The van der Waals surface area contributed by atoms with Crippen LogP contribution in [0, 0.1) is 17.8 Å². The van der Waals surface area contributed by atoms with Gasteiger partial charge in [0.1, 0.15) is 11.7 Å². The molecule has 0 bridgehead atoms. The number of rotatable bonds is 17. The largest absolute Gasteiger partial charge is 0.469 e. The summed E-state index contributed by atoms with van der Waals surface area (Å²) in [4.78, 5) is 61.2. The average molecular weight is 684 g/mol. The number of likely N-dealkylation sites (N-methyl/N-ethyl adjacent to an activating group) is 2. The topological polar surface area (TPSA) is 121 Å². The predicted octanol–water partition coefficient (Wildman–Crippen LogP) is 5.11. The Morgan fingerprint density at radius 1 is 1.06 bits per heavy atom. The number of hydrogen-bond acceptors (Lipinski definition) is 8. The fraction of sp³-hybridized carbons (Fsp3) is 0.649. The molecule has 2 aromatic rings. The molecule has 266 valence electrons. The molecule has 1 aromatic heterocycles. The van der Waals surface area contributed by atoms with Crippen molar-refractivity contribution in [3.05, 3.63) is 52.0 Å². The number of carbonyl (C=O) groups excluding carboxylic acids is 4. The summed E-state index contributed by atoms with van der Waals surface area (Å²) in [6, 6.07) is 8.73. The number of carbonyl (C=O) groups is 4. The van der Waals surface area contributed by atoms with Crippen LogP contribution in [0.15, 0.2) is 35.7 Å². The van der Waals surface area contributed by atoms with E-state index in [0.717, 1.165) is 42.8 Å². The third kappa shape index (κ3) is 10.9. The summed E-state index contributed by atoms with van der Waals surface area (Å²) in [6.45, 7) is 10.9. The highest BCUT2D eigenvalue weighted by molar-refractivity contribution is 7.09. The van der Waals surface area contributed by atoms with E-state index in [2.05, 4.69) is 36.4 Å². The molecular weight excluding hydrogens is 627 g/mol. The third-order valence-corrected chi connectivity index (χ3v) is 10.7. The van der Waals surface area contributed by atoms with Crippen LogP contribution in [0.25, 0.3) is 0 Å². The van der Waals surface area contributed by atoms with Gasteiger partial charge in [-0.25, -0.2) is 4.98 Å². The van der Waals surface area contributed by atoms with Gasteiger partial charge in [-0.1, -0.05) is 77.8 Å². The smallest absolute Gasteiger partial charge is 0.308 e. The number of ether oxygens (including phenoxy) is 1. The Balaban J connectivity index is 1.68. The van der Waals surface area contributed by atoms with Gasteiger partial charge in [0.2, 0.25) is 11.8 Å². The van der Waals surface area contributed by atoms with Gasteiger partial charge in [0.25, 0.3) is 5.91 Å². The van der Waals surface area contributed by atoms with Gasteiger partial charge in [-0.05, 0) is 56.0 Å². The second-order valence-corrected chi connectivity index (χ2v) is 14.7. The molecule has 0 radical (unpaired) electrons. The molecule has 2 N–H and O–H groups in total. The Bertz CT molecular complexity index is 1330. The fourth-order valence-corrected chi connectivity index (χ4v) is 7.48. The number of aromatic nitrogens is 1. The van der Waals surface area contributed by atoms with E-state index in [1.165, 1.54) is 18.4 Å². The summed E-state index contributed by atoms with van der Waals surface area (Å²) >= 11 is 1.44. The summed E-state index contributed by atoms with van der Waals surface area (Å²) in [5, 5.41) is 9.03. The highest BCUT2D eigenvalue weighted by Crippen LogP contribution is 2.24. The van der Waals surface area contributed by atoms with Gasteiger partial charge in [0.15, 0.2) is 0 Å². The molecule has 1 aromatic carbocycles. The normalized spacial score (nSPS) is 17.9. The molecule has 0 spiro atoms. The first-order valence-corrected chi connectivity index (χ1v) is 18.4. The molecule has 4 unspecified atom stereocenters. The van der Waals surface area contributed by atoms with Crippen LogP contribution in [-0.4, -0.2) is 90.4 Å². The molecule has 3 amide bonds. The lowest BCUT2D eigenvalue weighted by atomic mass is 9.92. The van der Waals surface area contributed by atoms with Crippen LogP contribution >= 0.6 is 11.3 Å². The molecule has 0 saturated carbocycles. The van der Waals surface area contributed by atoms with E-state index in [1.54, 1.807) is 24.3 Å². The highest BCUT2D eigenvalue weighted by atomic mass is 32.1. The van der Waals surface area contributed by atoms with Gasteiger partial charge in [-0.2, -0.15) is 0 Å². The van der Waals surface area contributed by atoms with Crippen LogP contribution in [0.5, 0.6) is 0 Å².